The highest BCUT2D eigenvalue weighted by molar-refractivity contribution is 7.13. The number of carbonyl (C=O) groups is 1. The predicted molar refractivity (Wildman–Crippen MR) is 119 cm³/mol. The molecule has 0 radical (unpaired) electrons. The Balaban J connectivity index is 1.46. The van der Waals surface area contributed by atoms with Crippen LogP contribution in [0.2, 0.25) is 0 Å². The first kappa shape index (κ1) is 21.3. The molecule has 2 aromatic heterocycles. The number of anilines is 4. The first-order valence-electron chi connectivity index (χ1n) is 10.9. The number of nitrogens with one attached hydrogen (secondary N) is 1. The van der Waals surface area contributed by atoms with E-state index in [0.717, 1.165) is 37.3 Å². The number of piperidine rings is 2. The van der Waals surface area contributed by atoms with Crippen LogP contribution in [0.25, 0.3) is 0 Å². The van der Waals surface area contributed by atoms with Crippen LogP contribution in [-0.4, -0.2) is 54.4 Å². The zero-order valence-corrected chi connectivity index (χ0v) is 18.5. The Labute approximate surface area is 188 Å². The standard InChI is InChI=1S/C21H25F3N6OS/c1-13-12-32-19(25-13)27-20(31)30-15-5-3-8-28(11-15)16-6-7-17(26-18(16)30)29-9-2-4-14(10-29)21(22,23)24/h6-7,12,14-15H,2-5,8-11H2,1H3,(H,25,27,31)/t14?,15-/m0/s1. The fourth-order valence-corrected chi connectivity index (χ4v) is 5.54. The van der Waals surface area contributed by atoms with Crippen molar-refractivity contribution < 1.29 is 18.0 Å². The summed E-state index contributed by atoms with van der Waals surface area (Å²) in [5, 5.41) is 5.26. The molecular weight excluding hydrogens is 441 g/mol. The Hall–Kier alpha value is -2.56. The Bertz CT molecular complexity index is 1010. The summed E-state index contributed by atoms with van der Waals surface area (Å²) in [7, 11) is 0. The molecule has 7 nitrogen and oxygen atoms in total. The van der Waals surface area contributed by atoms with Gasteiger partial charge in [0.15, 0.2) is 10.9 Å². The lowest BCUT2D eigenvalue weighted by atomic mass is 9.97. The molecule has 2 saturated heterocycles. The van der Waals surface area contributed by atoms with Crippen LogP contribution >= 0.6 is 11.3 Å². The van der Waals surface area contributed by atoms with Crippen LogP contribution in [0.4, 0.5) is 40.4 Å². The van der Waals surface area contributed by atoms with Crippen molar-refractivity contribution in [2.24, 2.45) is 5.92 Å². The first-order chi connectivity index (χ1) is 15.3. The van der Waals surface area contributed by atoms with E-state index < -0.39 is 12.1 Å². The van der Waals surface area contributed by atoms with Crippen LogP contribution in [0.15, 0.2) is 17.5 Å². The smallest absolute Gasteiger partial charge is 0.366 e. The summed E-state index contributed by atoms with van der Waals surface area (Å²) in [5.74, 6) is -0.357. The van der Waals surface area contributed by atoms with Crippen LogP contribution in [0.1, 0.15) is 31.4 Å². The largest absolute Gasteiger partial charge is 0.393 e. The van der Waals surface area contributed by atoms with E-state index in [1.165, 1.54) is 11.3 Å². The Morgan fingerprint density at radius 2 is 1.91 bits per heavy atom. The fraction of sp³-hybridized carbons (Fsp3) is 0.571. The lowest BCUT2D eigenvalue weighted by molar-refractivity contribution is -0.176. The third-order valence-electron chi connectivity index (χ3n) is 6.43. The molecule has 0 aliphatic carbocycles. The third kappa shape index (κ3) is 3.98. The van der Waals surface area contributed by atoms with E-state index in [1.54, 1.807) is 15.9 Å². The van der Waals surface area contributed by atoms with Gasteiger partial charge in [-0.3, -0.25) is 10.2 Å². The van der Waals surface area contributed by atoms with Gasteiger partial charge in [0.05, 0.1) is 23.3 Å². The minimum atomic E-state index is -4.21. The second-order valence-corrected chi connectivity index (χ2v) is 9.53. The number of fused-ring (bicyclic) bond motifs is 4. The molecule has 2 bridgehead atoms. The second kappa shape index (κ2) is 8.09. The number of rotatable bonds is 2. The van der Waals surface area contributed by atoms with Crippen molar-refractivity contribution in [1.82, 2.24) is 9.97 Å². The van der Waals surface area contributed by atoms with Crippen LogP contribution in [0.5, 0.6) is 0 Å². The van der Waals surface area contributed by atoms with E-state index in [0.29, 0.717) is 29.7 Å². The zero-order valence-electron chi connectivity index (χ0n) is 17.7. The summed E-state index contributed by atoms with van der Waals surface area (Å²) < 4.78 is 39.9. The van der Waals surface area contributed by atoms with Gasteiger partial charge < -0.3 is 9.80 Å². The van der Waals surface area contributed by atoms with Gasteiger partial charge in [-0.2, -0.15) is 13.2 Å². The van der Waals surface area contributed by atoms with Gasteiger partial charge >= 0.3 is 12.2 Å². The molecule has 3 aliphatic rings. The van der Waals surface area contributed by atoms with Gasteiger partial charge in [0.25, 0.3) is 0 Å². The second-order valence-electron chi connectivity index (χ2n) is 8.68. The molecule has 32 heavy (non-hydrogen) atoms. The fourth-order valence-electron chi connectivity index (χ4n) is 4.87. The number of alkyl halides is 3. The molecule has 2 fully saturated rings. The van der Waals surface area contributed by atoms with Gasteiger partial charge in [-0.1, -0.05) is 0 Å². The Morgan fingerprint density at radius 3 is 2.66 bits per heavy atom. The molecule has 172 valence electrons. The van der Waals surface area contributed by atoms with Crippen LogP contribution in [0, 0.1) is 12.8 Å². The summed E-state index contributed by atoms with van der Waals surface area (Å²) in [5.41, 5.74) is 1.68. The van der Waals surface area contributed by atoms with E-state index in [2.05, 4.69) is 15.2 Å². The third-order valence-corrected chi connectivity index (χ3v) is 7.31. The van der Waals surface area contributed by atoms with Crippen molar-refractivity contribution in [3.8, 4) is 0 Å². The Morgan fingerprint density at radius 1 is 1.12 bits per heavy atom. The lowest BCUT2D eigenvalue weighted by Crippen LogP contribution is -2.56. The maximum atomic E-state index is 13.3. The molecule has 0 aromatic carbocycles. The van der Waals surface area contributed by atoms with Gasteiger partial charge in [-0.15, -0.1) is 11.3 Å². The molecule has 5 rings (SSSR count). The number of aromatic nitrogens is 2. The van der Waals surface area contributed by atoms with E-state index >= 15 is 0 Å². The number of halogens is 3. The van der Waals surface area contributed by atoms with E-state index in [1.807, 2.05) is 18.4 Å². The van der Waals surface area contributed by atoms with Gasteiger partial charge in [0.1, 0.15) is 5.82 Å². The summed E-state index contributed by atoms with van der Waals surface area (Å²) in [6.07, 6.45) is -1.79. The van der Waals surface area contributed by atoms with Crippen LogP contribution in [0.3, 0.4) is 0 Å². The highest BCUT2D eigenvalue weighted by Crippen LogP contribution is 2.41. The van der Waals surface area contributed by atoms with Gasteiger partial charge in [0, 0.05) is 31.6 Å². The number of amides is 2. The normalized spacial score (nSPS) is 23.2. The van der Waals surface area contributed by atoms with Crippen molar-refractivity contribution in [2.75, 3.05) is 46.2 Å². The number of pyridine rings is 1. The number of aryl methyl sites for hydroxylation is 1. The molecule has 3 aliphatic heterocycles. The summed E-state index contributed by atoms with van der Waals surface area (Å²) in [4.78, 5) is 27.9. The first-order valence-corrected chi connectivity index (χ1v) is 11.8. The van der Waals surface area contributed by atoms with Crippen molar-refractivity contribution in [2.45, 2.75) is 44.8 Å². The number of carbonyl (C=O) groups excluding carboxylic acids is 1. The van der Waals surface area contributed by atoms with E-state index in [9.17, 15) is 18.0 Å². The SMILES string of the molecule is Cc1csc(NC(=O)N2c3nc(N4CCCC(C(F)(F)F)C4)ccc3N3CCC[C@H]2C3)n1. The molecule has 11 heteroatoms. The zero-order chi connectivity index (χ0) is 22.5. The van der Waals surface area contributed by atoms with Crippen LogP contribution in [-0.2, 0) is 0 Å². The molecule has 2 aromatic rings. The van der Waals surface area contributed by atoms with Crippen LogP contribution < -0.4 is 20.0 Å². The molecule has 2 amide bonds. The number of hydrogen-bond acceptors (Lipinski definition) is 6. The van der Waals surface area contributed by atoms with Gasteiger partial charge in [-0.05, 0) is 44.7 Å². The summed E-state index contributed by atoms with van der Waals surface area (Å²) >= 11 is 1.36. The maximum Gasteiger partial charge on any atom is 0.393 e. The minimum absolute atomic E-state index is 0.0376. The predicted octanol–water partition coefficient (Wildman–Crippen LogP) is 4.65. The van der Waals surface area contributed by atoms with Crippen molar-refractivity contribution in [1.29, 1.82) is 0 Å². The molecule has 5 heterocycles. The van der Waals surface area contributed by atoms with E-state index in [4.69, 9.17) is 4.98 Å². The number of urea groups is 1. The number of hydrogen-bond donors (Lipinski definition) is 1. The molecule has 1 N–H and O–H groups in total. The molecule has 0 saturated carbocycles. The number of nitrogens with zero attached hydrogens (tertiary/aromatic N) is 5. The average molecular weight is 467 g/mol. The average Bonchev–Trinajstić information content (AvgIpc) is 3.17. The highest BCUT2D eigenvalue weighted by Gasteiger charge is 2.43. The van der Waals surface area contributed by atoms with Crippen molar-refractivity contribution in [3.63, 3.8) is 0 Å². The van der Waals surface area contributed by atoms with Gasteiger partial charge in [-0.25, -0.2) is 14.8 Å². The molecule has 1 unspecified atom stereocenters. The maximum absolute atomic E-state index is 13.3. The molecular formula is C21H25F3N6OS. The number of thiazole rings is 1. The van der Waals surface area contributed by atoms with E-state index in [-0.39, 0.29) is 25.0 Å². The quantitative estimate of drug-likeness (QED) is 0.698. The summed E-state index contributed by atoms with van der Waals surface area (Å²) in [6, 6.07) is 3.34. The lowest BCUT2D eigenvalue weighted by Gasteiger charge is -2.46. The summed E-state index contributed by atoms with van der Waals surface area (Å²) in [6.45, 7) is 3.88. The van der Waals surface area contributed by atoms with Crippen molar-refractivity contribution in [3.05, 3.63) is 23.2 Å². The minimum Gasteiger partial charge on any atom is -0.366 e. The molecule has 0 spiro atoms. The Kier molecular flexibility index (Phi) is 5.39. The molecule has 2 atom stereocenters. The highest BCUT2D eigenvalue weighted by atomic mass is 32.1. The van der Waals surface area contributed by atoms with Gasteiger partial charge in [0.2, 0.25) is 0 Å². The van der Waals surface area contributed by atoms with Crippen molar-refractivity contribution >= 4 is 39.8 Å². The topological polar surface area (TPSA) is 64.6 Å². The monoisotopic (exact) mass is 466 g/mol.